The number of rotatable bonds is 7. The zero-order chi connectivity index (χ0) is 22.3. The molecule has 3 aromatic rings. The van der Waals surface area contributed by atoms with Gasteiger partial charge in [0.1, 0.15) is 0 Å². The summed E-state index contributed by atoms with van der Waals surface area (Å²) in [6, 6.07) is 20.1. The molecule has 0 aromatic heterocycles. The van der Waals surface area contributed by atoms with Crippen LogP contribution < -0.4 is 10.1 Å². The van der Waals surface area contributed by atoms with Crippen LogP contribution in [0.1, 0.15) is 24.0 Å². The minimum atomic E-state index is -0.672. The topological polar surface area (TPSA) is 41.6 Å². The second-order valence-electron chi connectivity index (χ2n) is 8.02. The molecule has 0 spiro atoms. The summed E-state index contributed by atoms with van der Waals surface area (Å²) < 4.78 is 19.5. The summed E-state index contributed by atoms with van der Waals surface area (Å²) in [4.78, 5) is 14.5. The molecular weight excluding hydrogens is 427 g/mol. The molecule has 1 amide bonds. The Hall–Kier alpha value is -2.89. The first-order valence-electron chi connectivity index (χ1n) is 10.9. The van der Waals surface area contributed by atoms with Crippen molar-refractivity contribution >= 4 is 17.7 Å². The molecule has 1 fully saturated rings. The third kappa shape index (κ3) is 6.09. The van der Waals surface area contributed by atoms with Crippen LogP contribution in [0.15, 0.2) is 66.7 Å². The number of hydrogen-bond donors (Lipinski definition) is 1. The Morgan fingerprint density at radius 3 is 2.28 bits per heavy atom. The Morgan fingerprint density at radius 2 is 1.59 bits per heavy atom. The molecule has 1 heterocycles. The lowest BCUT2D eigenvalue weighted by atomic mass is 10.1. The number of carbonyl (C=O) groups is 1. The maximum atomic E-state index is 14.4. The Bertz CT molecular complexity index is 1050. The summed E-state index contributed by atoms with van der Waals surface area (Å²) in [6.45, 7) is 3.76. The quantitative estimate of drug-likeness (QED) is 0.472. The molecular formula is C26H26ClFN2O2. The molecule has 4 rings (SSSR count). The molecule has 1 aliphatic heterocycles. The monoisotopic (exact) mass is 452 g/mol. The van der Waals surface area contributed by atoms with Crippen LogP contribution in [0.2, 0.25) is 5.02 Å². The summed E-state index contributed by atoms with van der Waals surface area (Å²) in [5.41, 5.74) is 3.95. The van der Waals surface area contributed by atoms with Crippen molar-refractivity contribution in [1.29, 1.82) is 0 Å². The van der Waals surface area contributed by atoms with Gasteiger partial charge in [-0.3, -0.25) is 4.90 Å². The van der Waals surface area contributed by atoms with Crippen molar-refractivity contribution in [1.82, 2.24) is 10.2 Å². The number of hydrogen-bond acceptors (Lipinski definition) is 3. The van der Waals surface area contributed by atoms with Crippen LogP contribution in [0, 0.1) is 5.82 Å². The number of halogens is 2. The minimum Gasteiger partial charge on any atom is -0.407 e. The first-order valence-corrected chi connectivity index (χ1v) is 11.3. The van der Waals surface area contributed by atoms with E-state index >= 15 is 0 Å². The van der Waals surface area contributed by atoms with E-state index in [-0.39, 0.29) is 5.75 Å². The van der Waals surface area contributed by atoms with E-state index in [0.29, 0.717) is 23.6 Å². The molecule has 0 atom stereocenters. The lowest BCUT2D eigenvalue weighted by Gasteiger charge is -2.14. The summed E-state index contributed by atoms with van der Waals surface area (Å²) in [5, 5.41) is 3.30. The maximum Gasteiger partial charge on any atom is 0.412 e. The number of amides is 1. The first-order chi connectivity index (χ1) is 15.6. The summed E-state index contributed by atoms with van der Waals surface area (Å²) in [7, 11) is 0. The first kappa shape index (κ1) is 22.3. The number of nitrogens with zero attached hydrogens (tertiary/aromatic N) is 1. The van der Waals surface area contributed by atoms with Crippen molar-refractivity contribution in [3.8, 4) is 16.9 Å². The maximum absolute atomic E-state index is 14.4. The van der Waals surface area contributed by atoms with E-state index in [9.17, 15) is 9.18 Å². The van der Waals surface area contributed by atoms with E-state index in [4.69, 9.17) is 16.3 Å². The highest BCUT2D eigenvalue weighted by molar-refractivity contribution is 6.30. The van der Waals surface area contributed by atoms with Crippen LogP contribution in [0.3, 0.4) is 0 Å². The van der Waals surface area contributed by atoms with Crippen LogP contribution in [0.4, 0.5) is 9.18 Å². The molecule has 0 saturated carbocycles. The third-order valence-corrected chi connectivity index (χ3v) is 5.87. The Morgan fingerprint density at radius 1 is 0.938 bits per heavy atom. The average Bonchev–Trinajstić information content (AvgIpc) is 3.30. The van der Waals surface area contributed by atoms with Gasteiger partial charge in [-0.2, -0.15) is 0 Å². The van der Waals surface area contributed by atoms with Gasteiger partial charge in [0.25, 0.3) is 0 Å². The highest BCUT2D eigenvalue weighted by atomic mass is 35.5. The molecule has 1 N–H and O–H groups in total. The van der Waals surface area contributed by atoms with Crippen LogP contribution in [0.25, 0.3) is 11.1 Å². The standard InChI is InChI=1S/C26H26ClFN2O2/c27-23-10-7-21(8-11-23)22-9-12-25(24(28)17-22)32-26(31)29-14-13-19-3-5-20(6-4-19)18-30-15-1-2-16-30/h3-12,17H,1-2,13-16,18H2,(H,29,31). The molecule has 1 saturated heterocycles. The molecule has 1 aliphatic rings. The molecule has 6 heteroatoms. The van der Waals surface area contributed by atoms with E-state index in [1.54, 1.807) is 18.2 Å². The summed E-state index contributed by atoms with van der Waals surface area (Å²) in [6.07, 6.45) is 2.58. The molecule has 0 unspecified atom stereocenters. The van der Waals surface area contributed by atoms with Gasteiger partial charge in [-0.05, 0) is 78.9 Å². The average molecular weight is 453 g/mol. The molecule has 166 valence electrons. The van der Waals surface area contributed by atoms with Crippen molar-refractivity contribution in [2.45, 2.75) is 25.8 Å². The lowest BCUT2D eigenvalue weighted by molar-refractivity contribution is 0.198. The Kier molecular flexibility index (Phi) is 7.40. The fourth-order valence-electron chi connectivity index (χ4n) is 3.86. The van der Waals surface area contributed by atoms with Crippen LogP contribution in [-0.2, 0) is 13.0 Å². The predicted octanol–water partition coefficient (Wildman–Crippen LogP) is 6.07. The van der Waals surface area contributed by atoms with E-state index in [2.05, 4.69) is 34.5 Å². The van der Waals surface area contributed by atoms with Gasteiger partial charge in [0, 0.05) is 18.1 Å². The fourth-order valence-corrected chi connectivity index (χ4v) is 3.99. The minimum absolute atomic E-state index is 0.105. The van der Waals surface area contributed by atoms with Gasteiger partial charge in [-0.25, -0.2) is 9.18 Å². The Balaban J connectivity index is 1.24. The number of carbonyl (C=O) groups excluding carboxylic acids is 1. The van der Waals surface area contributed by atoms with Gasteiger partial charge in [-0.1, -0.05) is 54.1 Å². The molecule has 0 aliphatic carbocycles. The van der Waals surface area contributed by atoms with Crippen molar-refractivity contribution in [2.75, 3.05) is 19.6 Å². The zero-order valence-corrected chi connectivity index (χ0v) is 18.6. The van der Waals surface area contributed by atoms with Gasteiger partial charge in [0.2, 0.25) is 0 Å². The van der Waals surface area contributed by atoms with Gasteiger partial charge in [0.15, 0.2) is 11.6 Å². The smallest absolute Gasteiger partial charge is 0.407 e. The van der Waals surface area contributed by atoms with Crippen molar-refractivity contribution in [2.24, 2.45) is 0 Å². The highest BCUT2D eigenvalue weighted by Gasteiger charge is 2.12. The van der Waals surface area contributed by atoms with E-state index in [1.165, 1.54) is 43.6 Å². The molecule has 4 nitrogen and oxygen atoms in total. The summed E-state index contributed by atoms with van der Waals surface area (Å²) >= 11 is 5.89. The SMILES string of the molecule is O=C(NCCc1ccc(CN2CCCC2)cc1)Oc1ccc(-c2ccc(Cl)cc2)cc1F. The molecule has 32 heavy (non-hydrogen) atoms. The highest BCUT2D eigenvalue weighted by Crippen LogP contribution is 2.26. The Labute approximate surface area is 193 Å². The number of benzene rings is 3. The fraction of sp³-hybridized carbons (Fsp3) is 0.269. The van der Waals surface area contributed by atoms with Crippen LogP contribution >= 0.6 is 11.6 Å². The van der Waals surface area contributed by atoms with E-state index in [0.717, 1.165) is 17.7 Å². The predicted molar refractivity (Wildman–Crippen MR) is 126 cm³/mol. The molecule has 3 aromatic carbocycles. The van der Waals surface area contributed by atoms with Gasteiger partial charge in [0.05, 0.1) is 0 Å². The van der Waals surface area contributed by atoms with E-state index in [1.807, 2.05) is 12.1 Å². The van der Waals surface area contributed by atoms with Gasteiger partial charge >= 0.3 is 6.09 Å². The number of ether oxygens (including phenoxy) is 1. The third-order valence-electron chi connectivity index (χ3n) is 5.62. The van der Waals surface area contributed by atoms with Crippen molar-refractivity contribution in [3.63, 3.8) is 0 Å². The van der Waals surface area contributed by atoms with Crippen LogP contribution in [-0.4, -0.2) is 30.6 Å². The molecule has 0 bridgehead atoms. The van der Waals surface area contributed by atoms with Gasteiger partial charge in [-0.15, -0.1) is 0 Å². The van der Waals surface area contributed by atoms with Crippen molar-refractivity contribution in [3.05, 3.63) is 88.7 Å². The number of likely N-dealkylation sites (tertiary alicyclic amines) is 1. The lowest BCUT2D eigenvalue weighted by Crippen LogP contribution is -2.29. The molecule has 0 radical (unpaired) electrons. The van der Waals surface area contributed by atoms with Crippen molar-refractivity contribution < 1.29 is 13.9 Å². The second-order valence-corrected chi connectivity index (χ2v) is 8.45. The van der Waals surface area contributed by atoms with Crippen LogP contribution in [0.5, 0.6) is 5.75 Å². The largest absolute Gasteiger partial charge is 0.412 e. The second kappa shape index (κ2) is 10.6. The van der Waals surface area contributed by atoms with E-state index < -0.39 is 11.9 Å². The summed E-state index contributed by atoms with van der Waals surface area (Å²) in [5.74, 6) is -0.701. The zero-order valence-electron chi connectivity index (χ0n) is 17.8. The van der Waals surface area contributed by atoms with Gasteiger partial charge < -0.3 is 10.1 Å². The normalized spacial score (nSPS) is 13.8. The number of nitrogens with one attached hydrogen (secondary N) is 1.